The van der Waals surface area contributed by atoms with Crippen LogP contribution in [0.2, 0.25) is 0 Å². The normalized spacial score (nSPS) is 21.9. The molecule has 2 aliphatic heterocycles. The van der Waals surface area contributed by atoms with Crippen LogP contribution in [0.3, 0.4) is 0 Å². The van der Waals surface area contributed by atoms with Gasteiger partial charge in [-0.25, -0.2) is 4.99 Å². The summed E-state index contributed by atoms with van der Waals surface area (Å²) in [5, 5.41) is 0. The average Bonchev–Trinajstić information content (AvgIpc) is 2.98. The quantitative estimate of drug-likeness (QED) is 0.799. The Labute approximate surface area is 108 Å². The molecule has 0 N–H and O–H groups in total. The molecule has 3 rings (SSSR count). The number of ether oxygens (including phenoxy) is 1. The predicted molar refractivity (Wildman–Crippen MR) is 74.5 cm³/mol. The van der Waals surface area contributed by atoms with E-state index in [9.17, 15) is 0 Å². The van der Waals surface area contributed by atoms with Crippen molar-refractivity contribution in [1.82, 2.24) is 0 Å². The lowest BCUT2D eigenvalue weighted by molar-refractivity contribution is 0.279. The number of hydrogen-bond acceptors (Lipinski definition) is 3. The fourth-order valence-corrected chi connectivity index (χ4v) is 2.52. The minimum Gasteiger partial charge on any atom is -0.475 e. The molecule has 0 radical (unpaired) electrons. The molecule has 0 spiro atoms. The van der Waals surface area contributed by atoms with E-state index < -0.39 is 0 Å². The van der Waals surface area contributed by atoms with Gasteiger partial charge in [0.05, 0.1) is 5.54 Å². The average molecular weight is 244 g/mol. The number of anilines is 1. The number of nitrogens with zero attached hydrogens (tertiary/aromatic N) is 2. The van der Waals surface area contributed by atoms with Gasteiger partial charge in [-0.1, -0.05) is 0 Å². The highest BCUT2D eigenvalue weighted by atomic mass is 16.5. The fourth-order valence-electron chi connectivity index (χ4n) is 2.52. The summed E-state index contributed by atoms with van der Waals surface area (Å²) in [7, 11) is 0. The lowest BCUT2D eigenvalue weighted by atomic mass is 10.1. The smallest absolute Gasteiger partial charge is 0.216 e. The zero-order valence-electron chi connectivity index (χ0n) is 11.1. The number of aliphatic imine (C=N–C) groups is 1. The van der Waals surface area contributed by atoms with Crippen LogP contribution in [-0.2, 0) is 4.74 Å². The van der Waals surface area contributed by atoms with Gasteiger partial charge in [0.25, 0.3) is 0 Å². The maximum absolute atomic E-state index is 5.66. The maximum atomic E-state index is 5.66. The van der Waals surface area contributed by atoms with Crippen molar-refractivity contribution in [1.29, 1.82) is 0 Å². The molecular weight excluding hydrogens is 224 g/mol. The van der Waals surface area contributed by atoms with E-state index in [2.05, 4.69) is 48.0 Å². The maximum Gasteiger partial charge on any atom is 0.216 e. The molecule has 2 aliphatic rings. The topological polar surface area (TPSA) is 24.8 Å². The molecule has 0 unspecified atom stereocenters. The van der Waals surface area contributed by atoms with Crippen LogP contribution in [0.1, 0.15) is 32.3 Å². The molecule has 0 aliphatic carbocycles. The van der Waals surface area contributed by atoms with Gasteiger partial charge in [0.2, 0.25) is 5.90 Å². The van der Waals surface area contributed by atoms with Crippen molar-refractivity contribution in [3.05, 3.63) is 29.8 Å². The highest BCUT2D eigenvalue weighted by molar-refractivity contribution is 5.95. The van der Waals surface area contributed by atoms with Crippen LogP contribution >= 0.6 is 0 Å². The Hall–Kier alpha value is -1.51. The van der Waals surface area contributed by atoms with Crippen LogP contribution in [0.5, 0.6) is 0 Å². The van der Waals surface area contributed by atoms with Gasteiger partial charge >= 0.3 is 0 Å². The summed E-state index contributed by atoms with van der Waals surface area (Å²) in [6, 6.07) is 8.59. The highest BCUT2D eigenvalue weighted by Gasteiger charge is 2.27. The summed E-state index contributed by atoms with van der Waals surface area (Å²) < 4.78 is 5.66. The van der Waals surface area contributed by atoms with Crippen LogP contribution in [0, 0.1) is 0 Å². The van der Waals surface area contributed by atoms with E-state index in [0.717, 1.165) is 11.5 Å². The molecule has 0 bridgehead atoms. The predicted octanol–water partition coefficient (Wildman–Crippen LogP) is 2.84. The Kier molecular flexibility index (Phi) is 2.77. The van der Waals surface area contributed by atoms with Crippen molar-refractivity contribution < 1.29 is 4.74 Å². The summed E-state index contributed by atoms with van der Waals surface area (Å²) in [4.78, 5) is 7.03. The molecule has 18 heavy (non-hydrogen) atoms. The van der Waals surface area contributed by atoms with Crippen LogP contribution in [-0.4, -0.2) is 31.1 Å². The molecular formula is C15H20N2O. The van der Waals surface area contributed by atoms with E-state index in [1.54, 1.807) is 0 Å². The second-order valence-corrected chi connectivity index (χ2v) is 5.76. The van der Waals surface area contributed by atoms with Gasteiger partial charge in [0, 0.05) is 24.3 Å². The minimum absolute atomic E-state index is 0.0804. The van der Waals surface area contributed by atoms with E-state index in [0.29, 0.717) is 6.61 Å². The number of benzene rings is 1. The van der Waals surface area contributed by atoms with Gasteiger partial charge in [-0.3, -0.25) is 0 Å². The van der Waals surface area contributed by atoms with Crippen molar-refractivity contribution in [2.24, 2.45) is 4.99 Å². The zero-order chi connectivity index (χ0) is 12.6. The van der Waals surface area contributed by atoms with Crippen molar-refractivity contribution >= 4 is 11.6 Å². The molecule has 96 valence electrons. The molecule has 0 saturated carbocycles. The third kappa shape index (κ3) is 2.22. The van der Waals surface area contributed by atoms with E-state index in [1.165, 1.54) is 31.6 Å². The molecule has 2 heterocycles. The third-order valence-electron chi connectivity index (χ3n) is 3.55. The molecule has 0 aromatic heterocycles. The highest BCUT2D eigenvalue weighted by Crippen LogP contribution is 2.24. The molecule has 3 heteroatoms. The standard InChI is InChI=1S/C15H20N2O/c1-15(2)11-18-14(16-15)12-5-7-13(8-6-12)17-9-3-4-10-17/h5-8H,3-4,9-11H2,1-2H3. The Balaban J connectivity index is 1.79. The van der Waals surface area contributed by atoms with Crippen LogP contribution in [0.25, 0.3) is 0 Å². The van der Waals surface area contributed by atoms with Crippen LogP contribution in [0.15, 0.2) is 29.3 Å². The zero-order valence-corrected chi connectivity index (χ0v) is 11.1. The molecule has 1 fully saturated rings. The van der Waals surface area contributed by atoms with E-state index in [-0.39, 0.29) is 5.54 Å². The van der Waals surface area contributed by atoms with E-state index in [1.807, 2.05) is 0 Å². The molecule has 1 saturated heterocycles. The molecule has 0 amide bonds. The third-order valence-corrected chi connectivity index (χ3v) is 3.55. The second kappa shape index (κ2) is 4.30. The first kappa shape index (κ1) is 11.6. The first-order valence-corrected chi connectivity index (χ1v) is 6.72. The van der Waals surface area contributed by atoms with Crippen molar-refractivity contribution in [3.8, 4) is 0 Å². The molecule has 1 aromatic rings. The summed E-state index contributed by atoms with van der Waals surface area (Å²) in [6.07, 6.45) is 2.62. The summed E-state index contributed by atoms with van der Waals surface area (Å²) in [6.45, 7) is 7.24. The Morgan fingerprint density at radius 1 is 1.11 bits per heavy atom. The van der Waals surface area contributed by atoms with Crippen LogP contribution in [0.4, 0.5) is 5.69 Å². The van der Waals surface area contributed by atoms with Gasteiger partial charge < -0.3 is 9.64 Å². The SMILES string of the molecule is CC1(C)COC(c2ccc(N3CCCC3)cc2)=N1. The Morgan fingerprint density at radius 3 is 2.33 bits per heavy atom. The number of rotatable bonds is 2. The Bertz CT molecular complexity index is 456. The largest absolute Gasteiger partial charge is 0.475 e. The van der Waals surface area contributed by atoms with Gasteiger partial charge in [-0.05, 0) is 51.0 Å². The second-order valence-electron chi connectivity index (χ2n) is 5.76. The lowest BCUT2D eigenvalue weighted by Crippen LogP contribution is -2.17. The van der Waals surface area contributed by atoms with Crippen molar-refractivity contribution in [2.45, 2.75) is 32.2 Å². The summed E-state index contributed by atoms with van der Waals surface area (Å²) in [5.74, 6) is 0.785. The Morgan fingerprint density at radius 2 is 1.78 bits per heavy atom. The van der Waals surface area contributed by atoms with Crippen molar-refractivity contribution in [3.63, 3.8) is 0 Å². The minimum atomic E-state index is -0.0804. The van der Waals surface area contributed by atoms with Crippen LogP contribution < -0.4 is 4.90 Å². The van der Waals surface area contributed by atoms with Gasteiger partial charge in [-0.2, -0.15) is 0 Å². The fraction of sp³-hybridized carbons (Fsp3) is 0.533. The first-order valence-electron chi connectivity index (χ1n) is 6.72. The lowest BCUT2D eigenvalue weighted by Gasteiger charge is -2.17. The van der Waals surface area contributed by atoms with Crippen molar-refractivity contribution in [2.75, 3.05) is 24.6 Å². The monoisotopic (exact) mass is 244 g/mol. The molecule has 1 aromatic carbocycles. The molecule has 0 atom stereocenters. The van der Waals surface area contributed by atoms with Gasteiger partial charge in [0.1, 0.15) is 6.61 Å². The van der Waals surface area contributed by atoms with Gasteiger partial charge in [-0.15, -0.1) is 0 Å². The molecule has 3 nitrogen and oxygen atoms in total. The first-order chi connectivity index (χ1) is 8.64. The van der Waals surface area contributed by atoms with E-state index in [4.69, 9.17) is 4.74 Å². The number of hydrogen-bond donors (Lipinski definition) is 0. The summed E-state index contributed by atoms with van der Waals surface area (Å²) >= 11 is 0. The van der Waals surface area contributed by atoms with E-state index >= 15 is 0 Å². The van der Waals surface area contributed by atoms with Gasteiger partial charge in [0.15, 0.2) is 0 Å². The summed E-state index contributed by atoms with van der Waals surface area (Å²) in [5.41, 5.74) is 2.32.